The van der Waals surface area contributed by atoms with Crippen molar-refractivity contribution in [1.29, 1.82) is 0 Å². The van der Waals surface area contributed by atoms with Crippen LogP contribution in [-0.4, -0.2) is 30.5 Å². The van der Waals surface area contributed by atoms with Crippen LogP contribution < -0.4 is 5.32 Å². The van der Waals surface area contributed by atoms with Crippen LogP contribution in [0.4, 0.5) is 13.2 Å². The lowest BCUT2D eigenvalue weighted by Crippen LogP contribution is -2.39. The van der Waals surface area contributed by atoms with Crippen molar-refractivity contribution < 1.29 is 18.3 Å². The van der Waals surface area contributed by atoms with Crippen molar-refractivity contribution in [2.75, 3.05) is 13.2 Å². The van der Waals surface area contributed by atoms with Gasteiger partial charge in [-0.2, -0.15) is 13.2 Å². The quantitative estimate of drug-likeness (QED) is 0.624. The summed E-state index contributed by atoms with van der Waals surface area (Å²) < 4.78 is 35.6. The first kappa shape index (κ1) is 14.7. The van der Waals surface area contributed by atoms with Crippen molar-refractivity contribution >= 4 is 0 Å². The Morgan fingerprint density at radius 2 is 1.87 bits per heavy atom. The van der Waals surface area contributed by atoms with Crippen LogP contribution in [0.5, 0.6) is 0 Å². The highest BCUT2D eigenvalue weighted by Crippen LogP contribution is 2.13. The van der Waals surface area contributed by atoms with Gasteiger partial charge in [-0.05, 0) is 6.42 Å². The zero-order valence-corrected chi connectivity index (χ0v) is 9.11. The average molecular weight is 227 g/mol. The van der Waals surface area contributed by atoms with Crippen LogP contribution in [0.25, 0.3) is 0 Å². The largest absolute Gasteiger partial charge is 0.401 e. The van der Waals surface area contributed by atoms with Gasteiger partial charge in [0.05, 0.1) is 13.2 Å². The molecule has 0 radical (unpaired) electrons. The van der Waals surface area contributed by atoms with Gasteiger partial charge < -0.3 is 10.4 Å². The molecule has 5 heteroatoms. The molecule has 0 saturated heterocycles. The van der Waals surface area contributed by atoms with E-state index in [0.29, 0.717) is 6.42 Å². The van der Waals surface area contributed by atoms with Crippen LogP contribution >= 0.6 is 0 Å². The van der Waals surface area contributed by atoms with Gasteiger partial charge in [0.25, 0.3) is 0 Å². The molecule has 0 aliphatic carbocycles. The molecule has 92 valence electrons. The van der Waals surface area contributed by atoms with Crippen molar-refractivity contribution in [3.63, 3.8) is 0 Å². The van der Waals surface area contributed by atoms with Crippen molar-refractivity contribution in [1.82, 2.24) is 5.32 Å². The van der Waals surface area contributed by atoms with Crippen molar-refractivity contribution in [2.45, 2.75) is 51.2 Å². The number of hydrogen-bond acceptors (Lipinski definition) is 2. The fourth-order valence-electron chi connectivity index (χ4n) is 1.34. The average Bonchev–Trinajstić information content (AvgIpc) is 2.15. The van der Waals surface area contributed by atoms with E-state index in [2.05, 4.69) is 12.2 Å². The number of nitrogens with one attached hydrogen (secondary N) is 1. The molecule has 0 rings (SSSR count). The summed E-state index contributed by atoms with van der Waals surface area (Å²) in [7, 11) is 0. The van der Waals surface area contributed by atoms with Gasteiger partial charge in [0.1, 0.15) is 0 Å². The molecule has 0 aliphatic rings. The van der Waals surface area contributed by atoms with Crippen molar-refractivity contribution in [3.8, 4) is 0 Å². The minimum atomic E-state index is -4.20. The third-order valence-corrected chi connectivity index (χ3v) is 2.22. The number of aliphatic hydroxyl groups is 1. The van der Waals surface area contributed by atoms with E-state index in [-0.39, 0.29) is 6.61 Å². The molecule has 0 aromatic heterocycles. The van der Waals surface area contributed by atoms with Gasteiger partial charge >= 0.3 is 6.18 Å². The number of alkyl halides is 3. The van der Waals surface area contributed by atoms with E-state index in [9.17, 15) is 13.2 Å². The highest BCUT2D eigenvalue weighted by Gasteiger charge is 2.27. The lowest BCUT2D eigenvalue weighted by atomic mass is 10.1. The first-order chi connectivity index (χ1) is 6.99. The van der Waals surface area contributed by atoms with E-state index in [0.717, 1.165) is 25.7 Å². The minimum Gasteiger partial charge on any atom is -0.395 e. The van der Waals surface area contributed by atoms with E-state index in [1.165, 1.54) is 0 Å². The Hall–Kier alpha value is -0.290. The van der Waals surface area contributed by atoms with E-state index in [4.69, 9.17) is 5.11 Å². The smallest absolute Gasteiger partial charge is 0.395 e. The second kappa shape index (κ2) is 7.93. The van der Waals surface area contributed by atoms with E-state index < -0.39 is 18.8 Å². The number of unbranched alkanes of at least 4 members (excludes halogenated alkanes) is 3. The first-order valence-corrected chi connectivity index (χ1v) is 5.40. The van der Waals surface area contributed by atoms with Gasteiger partial charge in [0, 0.05) is 6.04 Å². The van der Waals surface area contributed by atoms with E-state index >= 15 is 0 Å². The Balaban J connectivity index is 3.55. The topological polar surface area (TPSA) is 32.3 Å². The maximum absolute atomic E-state index is 11.9. The summed E-state index contributed by atoms with van der Waals surface area (Å²) in [5.74, 6) is 0. The molecular weight excluding hydrogens is 207 g/mol. The van der Waals surface area contributed by atoms with Gasteiger partial charge in [-0.3, -0.25) is 0 Å². The summed E-state index contributed by atoms with van der Waals surface area (Å²) in [4.78, 5) is 0. The number of aliphatic hydroxyl groups excluding tert-OH is 1. The molecule has 0 aliphatic heterocycles. The van der Waals surface area contributed by atoms with Crippen LogP contribution in [0.1, 0.15) is 39.0 Å². The fourth-order valence-corrected chi connectivity index (χ4v) is 1.34. The van der Waals surface area contributed by atoms with Crippen LogP contribution in [0.15, 0.2) is 0 Å². The molecular formula is C10H20F3NO. The summed E-state index contributed by atoms with van der Waals surface area (Å²) in [6, 6.07) is -0.427. The summed E-state index contributed by atoms with van der Waals surface area (Å²) in [6.07, 6.45) is 0.477. The van der Waals surface area contributed by atoms with Crippen molar-refractivity contribution in [3.05, 3.63) is 0 Å². The maximum atomic E-state index is 11.9. The summed E-state index contributed by atoms with van der Waals surface area (Å²) in [5.41, 5.74) is 0. The van der Waals surface area contributed by atoms with Crippen LogP contribution in [0.3, 0.4) is 0 Å². The summed E-state index contributed by atoms with van der Waals surface area (Å²) in [6.45, 7) is 0.819. The highest BCUT2D eigenvalue weighted by atomic mass is 19.4. The highest BCUT2D eigenvalue weighted by molar-refractivity contribution is 4.68. The molecule has 0 amide bonds. The Kier molecular flexibility index (Phi) is 7.78. The summed E-state index contributed by atoms with van der Waals surface area (Å²) >= 11 is 0. The van der Waals surface area contributed by atoms with Crippen LogP contribution in [-0.2, 0) is 0 Å². The van der Waals surface area contributed by atoms with E-state index in [1.807, 2.05) is 0 Å². The molecule has 1 unspecified atom stereocenters. The number of halogens is 3. The second-order valence-electron chi connectivity index (χ2n) is 3.72. The Bertz CT molecular complexity index is 150. The lowest BCUT2D eigenvalue weighted by molar-refractivity contribution is -0.126. The Labute approximate surface area is 88.9 Å². The molecule has 0 saturated carbocycles. The Morgan fingerprint density at radius 3 is 2.33 bits per heavy atom. The maximum Gasteiger partial charge on any atom is 0.401 e. The normalized spacial score (nSPS) is 14.2. The first-order valence-electron chi connectivity index (χ1n) is 5.40. The van der Waals surface area contributed by atoms with Gasteiger partial charge in [0.15, 0.2) is 0 Å². The van der Waals surface area contributed by atoms with Gasteiger partial charge in [0.2, 0.25) is 0 Å². The second-order valence-corrected chi connectivity index (χ2v) is 3.72. The molecule has 1 atom stereocenters. The predicted molar refractivity (Wildman–Crippen MR) is 53.7 cm³/mol. The molecule has 2 nitrogen and oxygen atoms in total. The third-order valence-electron chi connectivity index (χ3n) is 2.22. The van der Waals surface area contributed by atoms with Crippen LogP contribution in [0, 0.1) is 0 Å². The lowest BCUT2D eigenvalue weighted by Gasteiger charge is -2.17. The number of rotatable bonds is 8. The third kappa shape index (κ3) is 10.0. The van der Waals surface area contributed by atoms with Gasteiger partial charge in [-0.15, -0.1) is 0 Å². The molecule has 0 fully saturated rings. The molecule has 15 heavy (non-hydrogen) atoms. The predicted octanol–water partition coefficient (Wildman–Crippen LogP) is 2.47. The SMILES string of the molecule is CCCCCCC(CO)NCC(F)(F)F. The fraction of sp³-hybridized carbons (Fsp3) is 1.00. The summed E-state index contributed by atoms with van der Waals surface area (Å²) in [5, 5.41) is 11.2. The zero-order chi connectivity index (χ0) is 11.7. The molecule has 2 N–H and O–H groups in total. The molecule has 0 aromatic carbocycles. The number of hydrogen-bond donors (Lipinski definition) is 2. The van der Waals surface area contributed by atoms with E-state index in [1.54, 1.807) is 0 Å². The van der Waals surface area contributed by atoms with Gasteiger partial charge in [-0.1, -0.05) is 32.6 Å². The minimum absolute atomic E-state index is 0.234. The van der Waals surface area contributed by atoms with Gasteiger partial charge in [-0.25, -0.2) is 0 Å². The zero-order valence-electron chi connectivity index (χ0n) is 9.11. The standard InChI is InChI=1S/C10H20F3NO/c1-2-3-4-5-6-9(7-15)14-8-10(11,12)13/h9,14-15H,2-8H2,1H3. The molecule has 0 aromatic rings. The van der Waals surface area contributed by atoms with Crippen LogP contribution in [0.2, 0.25) is 0 Å². The molecule has 0 heterocycles. The molecule has 0 bridgehead atoms. The molecule has 0 spiro atoms. The van der Waals surface area contributed by atoms with Crippen molar-refractivity contribution in [2.24, 2.45) is 0 Å². The monoisotopic (exact) mass is 227 g/mol. The Morgan fingerprint density at radius 1 is 1.20 bits per heavy atom.